The summed E-state index contributed by atoms with van der Waals surface area (Å²) in [5.74, 6) is 0.148. The lowest BCUT2D eigenvalue weighted by Crippen LogP contribution is -2.40. The molecule has 3 nitrogen and oxygen atoms in total. The van der Waals surface area contributed by atoms with E-state index >= 15 is 0 Å². The van der Waals surface area contributed by atoms with E-state index < -0.39 is 0 Å². The molecule has 1 saturated heterocycles. The van der Waals surface area contributed by atoms with Gasteiger partial charge in [-0.3, -0.25) is 9.78 Å². The second kappa shape index (κ2) is 3.93. The molecule has 1 N–H and O–H groups in total. The smallest absolute Gasteiger partial charge is 0.220 e. The molecule has 1 unspecified atom stereocenters. The number of hydrogen-bond donors (Lipinski definition) is 1. The van der Waals surface area contributed by atoms with Crippen LogP contribution < -0.4 is 5.32 Å². The normalized spacial score (nSPS) is 25.3. The predicted octanol–water partition coefficient (Wildman–Crippen LogP) is 2.06. The summed E-state index contributed by atoms with van der Waals surface area (Å²) in [6.07, 6.45) is 4.11. The number of halogens is 1. The van der Waals surface area contributed by atoms with Crippen molar-refractivity contribution in [2.75, 3.05) is 0 Å². The second-order valence-electron chi connectivity index (χ2n) is 4.25. The zero-order valence-electron chi connectivity index (χ0n) is 8.59. The van der Waals surface area contributed by atoms with Crippen LogP contribution in [0.25, 0.3) is 0 Å². The molecule has 1 aliphatic heterocycles. The van der Waals surface area contributed by atoms with Gasteiger partial charge in [0.1, 0.15) is 0 Å². The van der Waals surface area contributed by atoms with Crippen LogP contribution >= 0.6 is 15.9 Å². The molecule has 1 aromatic rings. The van der Waals surface area contributed by atoms with Crippen molar-refractivity contribution >= 4 is 21.8 Å². The maximum absolute atomic E-state index is 11.2. The summed E-state index contributed by atoms with van der Waals surface area (Å²) in [6, 6.07) is 3.96. The van der Waals surface area contributed by atoms with Gasteiger partial charge in [-0.15, -0.1) is 0 Å². The lowest BCUT2D eigenvalue weighted by atomic mass is 9.94. The van der Waals surface area contributed by atoms with Gasteiger partial charge in [0.15, 0.2) is 0 Å². The third kappa shape index (κ3) is 2.56. The van der Waals surface area contributed by atoms with Crippen LogP contribution in [0.15, 0.2) is 22.8 Å². The summed E-state index contributed by atoms with van der Waals surface area (Å²) >= 11 is 3.35. The van der Waals surface area contributed by atoms with E-state index in [0.717, 1.165) is 23.0 Å². The van der Waals surface area contributed by atoms with Gasteiger partial charge in [0, 0.05) is 34.7 Å². The van der Waals surface area contributed by atoms with Crippen molar-refractivity contribution in [1.29, 1.82) is 0 Å². The summed E-state index contributed by atoms with van der Waals surface area (Å²) in [7, 11) is 0. The third-order valence-corrected chi connectivity index (χ3v) is 3.17. The molecule has 0 bridgehead atoms. The van der Waals surface area contributed by atoms with E-state index in [1.165, 1.54) is 0 Å². The van der Waals surface area contributed by atoms with Crippen LogP contribution in [-0.2, 0) is 11.2 Å². The largest absolute Gasteiger partial charge is 0.351 e. The predicted molar refractivity (Wildman–Crippen MR) is 61.4 cm³/mol. The summed E-state index contributed by atoms with van der Waals surface area (Å²) in [5.41, 5.74) is 0.903. The summed E-state index contributed by atoms with van der Waals surface area (Å²) in [4.78, 5) is 15.5. The van der Waals surface area contributed by atoms with Crippen LogP contribution in [0.1, 0.15) is 25.5 Å². The number of pyridine rings is 1. The fourth-order valence-electron chi connectivity index (χ4n) is 1.89. The van der Waals surface area contributed by atoms with Gasteiger partial charge in [-0.05, 0) is 41.4 Å². The van der Waals surface area contributed by atoms with Gasteiger partial charge in [-0.25, -0.2) is 0 Å². The van der Waals surface area contributed by atoms with Crippen LogP contribution in [-0.4, -0.2) is 16.4 Å². The highest BCUT2D eigenvalue weighted by atomic mass is 79.9. The summed E-state index contributed by atoms with van der Waals surface area (Å²) in [6.45, 7) is 2.07. The van der Waals surface area contributed by atoms with Gasteiger partial charge >= 0.3 is 0 Å². The van der Waals surface area contributed by atoms with E-state index in [0.29, 0.717) is 6.42 Å². The first-order valence-corrected chi connectivity index (χ1v) is 5.78. The molecule has 0 radical (unpaired) electrons. The van der Waals surface area contributed by atoms with Crippen molar-refractivity contribution in [3.05, 3.63) is 28.5 Å². The fourth-order valence-corrected chi connectivity index (χ4v) is 2.13. The number of rotatable bonds is 2. The monoisotopic (exact) mass is 268 g/mol. The average molecular weight is 269 g/mol. The molecular formula is C11H13BrN2O. The van der Waals surface area contributed by atoms with Crippen LogP contribution in [0.5, 0.6) is 0 Å². The Hall–Kier alpha value is -0.900. The summed E-state index contributed by atoms with van der Waals surface area (Å²) in [5, 5.41) is 3.00. The van der Waals surface area contributed by atoms with Gasteiger partial charge in [0.05, 0.1) is 0 Å². The van der Waals surface area contributed by atoms with E-state index in [1.807, 2.05) is 12.1 Å². The Kier molecular flexibility index (Phi) is 2.78. The zero-order chi connectivity index (χ0) is 10.9. The molecule has 0 spiro atoms. The molecule has 4 heteroatoms. The highest BCUT2D eigenvalue weighted by Crippen LogP contribution is 2.23. The minimum Gasteiger partial charge on any atom is -0.351 e. The number of carbonyl (C=O) groups is 1. The van der Waals surface area contributed by atoms with Crippen LogP contribution in [0.4, 0.5) is 0 Å². The first kappa shape index (κ1) is 10.6. The average Bonchev–Trinajstić information content (AvgIpc) is 2.50. The molecule has 2 heterocycles. The SMILES string of the molecule is CC1(Cc2ccc(Br)cn2)CCC(=O)N1. The number of aromatic nitrogens is 1. The Morgan fingerprint density at radius 2 is 2.40 bits per heavy atom. The molecule has 0 saturated carbocycles. The Bertz CT molecular complexity index is 377. The second-order valence-corrected chi connectivity index (χ2v) is 5.17. The van der Waals surface area contributed by atoms with Crippen molar-refractivity contribution in [3.63, 3.8) is 0 Å². The van der Waals surface area contributed by atoms with E-state index in [1.54, 1.807) is 6.20 Å². The van der Waals surface area contributed by atoms with Gasteiger partial charge < -0.3 is 5.32 Å². The van der Waals surface area contributed by atoms with Crippen molar-refractivity contribution in [1.82, 2.24) is 10.3 Å². The summed E-state index contributed by atoms with van der Waals surface area (Å²) < 4.78 is 0.979. The number of hydrogen-bond acceptors (Lipinski definition) is 2. The van der Waals surface area contributed by atoms with Gasteiger partial charge in [-0.1, -0.05) is 0 Å². The molecule has 80 valence electrons. The molecule has 1 amide bonds. The fraction of sp³-hybridized carbons (Fsp3) is 0.455. The molecule has 1 aliphatic rings. The van der Waals surface area contributed by atoms with Gasteiger partial charge in [-0.2, -0.15) is 0 Å². The minimum absolute atomic E-state index is 0.113. The van der Waals surface area contributed by atoms with Gasteiger partial charge in [0.25, 0.3) is 0 Å². The molecule has 15 heavy (non-hydrogen) atoms. The number of nitrogens with zero attached hydrogens (tertiary/aromatic N) is 1. The number of carbonyl (C=O) groups excluding carboxylic acids is 1. The van der Waals surface area contributed by atoms with E-state index in [4.69, 9.17) is 0 Å². The van der Waals surface area contributed by atoms with E-state index in [9.17, 15) is 4.79 Å². The molecule has 0 aliphatic carbocycles. The van der Waals surface area contributed by atoms with Gasteiger partial charge in [0.2, 0.25) is 5.91 Å². The van der Waals surface area contributed by atoms with Crippen molar-refractivity contribution < 1.29 is 4.79 Å². The topological polar surface area (TPSA) is 42.0 Å². The van der Waals surface area contributed by atoms with E-state index in [2.05, 4.69) is 33.2 Å². The third-order valence-electron chi connectivity index (χ3n) is 2.70. The maximum Gasteiger partial charge on any atom is 0.220 e. The van der Waals surface area contributed by atoms with Crippen LogP contribution in [0, 0.1) is 0 Å². The number of amides is 1. The lowest BCUT2D eigenvalue weighted by Gasteiger charge is -2.23. The van der Waals surface area contributed by atoms with Crippen molar-refractivity contribution in [3.8, 4) is 0 Å². The van der Waals surface area contributed by atoms with E-state index in [-0.39, 0.29) is 11.4 Å². The lowest BCUT2D eigenvalue weighted by molar-refractivity contribution is -0.119. The van der Waals surface area contributed by atoms with Crippen molar-refractivity contribution in [2.45, 2.75) is 31.7 Å². The highest BCUT2D eigenvalue weighted by Gasteiger charge is 2.33. The Morgan fingerprint density at radius 3 is 2.93 bits per heavy atom. The quantitative estimate of drug-likeness (QED) is 0.892. The van der Waals surface area contributed by atoms with Crippen LogP contribution in [0.3, 0.4) is 0 Å². The molecule has 1 aromatic heterocycles. The minimum atomic E-state index is -0.113. The Morgan fingerprint density at radius 1 is 1.60 bits per heavy atom. The zero-order valence-corrected chi connectivity index (χ0v) is 10.2. The molecular weight excluding hydrogens is 256 g/mol. The Labute approximate surface area is 97.4 Å². The first-order valence-electron chi connectivity index (χ1n) is 4.99. The highest BCUT2D eigenvalue weighted by molar-refractivity contribution is 9.10. The standard InChI is InChI=1S/C11H13BrN2O/c1-11(5-4-10(15)14-11)6-9-3-2-8(12)7-13-9/h2-3,7H,4-6H2,1H3,(H,14,15). The Balaban J connectivity index is 2.08. The molecule has 1 fully saturated rings. The van der Waals surface area contributed by atoms with Crippen LogP contribution in [0.2, 0.25) is 0 Å². The molecule has 1 atom stereocenters. The molecule has 0 aromatic carbocycles. The van der Waals surface area contributed by atoms with Crippen molar-refractivity contribution in [2.24, 2.45) is 0 Å². The maximum atomic E-state index is 11.2. The first-order chi connectivity index (χ1) is 7.07. The molecule has 2 rings (SSSR count). The number of nitrogens with one attached hydrogen (secondary N) is 1.